The van der Waals surface area contributed by atoms with E-state index in [4.69, 9.17) is 17.3 Å². The lowest BCUT2D eigenvalue weighted by atomic mass is 10.4. The van der Waals surface area contributed by atoms with E-state index in [0.29, 0.717) is 16.5 Å². The van der Waals surface area contributed by atoms with Crippen LogP contribution in [0.1, 0.15) is 5.69 Å². The molecule has 0 aliphatic heterocycles. The molecule has 0 aromatic carbocycles. The minimum Gasteiger partial charge on any atom is -0.397 e. The van der Waals surface area contributed by atoms with Crippen LogP contribution in [0.15, 0.2) is 24.5 Å². The number of nitrogen functional groups attached to an aromatic ring is 1. The maximum absolute atomic E-state index is 5.87. The molecule has 5 heteroatoms. The first-order valence-corrected chi connectivity index (χ1v) is 4.48. The van der Waals surface area contributed by atoms with E-state index in [1.54, 1.807) is 29.2 Å². The van der Waals surface area contributed by atoms with Crippen molar-refractivity contribution in [3.63, 3.8) is 0 Å². The molecular formula is C9H9ClN4. The summed E-state index contributed by atoms with van der Waals surface area (Å²) in [7, 11) is 0. The molecular weight excluding hydrogens is 200 g/mol. The van der Waals surface area contributed by atoms with Crippen molar-refractivity contribution in [3.05, 3.63) is 35.2 Å². The summed E-state index contributed by atoms with van der Waals surface area (Å²) in [5, 5.41) is 4.82. The zero-order valence-electron chi connectivity index (χ0n) is 7.61. The molecule has 0 atom stereocenters. The number of aryl methyl sites for hydroxylation is 1. The lowest BCUT2D eigenvalue weighted by Gasteiger charge is -1.99. The van der Waals surface area contributed by atoms with Crippen LogP contribution < -0.4 is 5.73 Å². The highest BCUT2D eigenvalue weighted by molar-refractivity contribution is 6.31. The zero-order valence-corrected chi connectivity index (χ0v) is 8.36. The highest BCUT2D eigenvalue weighted by Crippen LogP contribution is 2.15. The Morgan fingerprint density at radius 2 is 2.21 bits per heavy atom. The Labute approximate surface area is 86.3 Å². The molecule has 0 amide bonds. The van der Waals surface area contributed by atoms with E-state index in [-0.39, 0.29) is 0 Å². The monoisotopic (exact) mass is 208 g/mol. The van der Waals surface area contributed by atoms with Crippen LogP contribution in [0.25, 0.3) is 5.82 Å². The second-order valence-electron chi connectivity index (χ2n) is 2.96. The van der Waals surface area contributed by atoms with Gasteiger partial charge in [-0.05, 0) is 19.1 Å². The van der Waals surface area contributed by atoms with Crippen LogP contribution in [0, 0.1) is 6.92 Å². The molecule has 0 spiro atoms. The molecule has 14 heavy (non-hydrogen) atoms. The van der Waals surface area contributed by atoms with E-state index in [0.717, 1.165) is 5.69 Å². The molecule has 0 aliphatic carbocycles. The molecule has 0 radical (unpaired) electrons. The Bertz CT molecular complexity index is 427. The number of hydrogen-bond donors (Lipinski definition) is 1. The summed E-state index contributed by atoms with van der Waals surface area (Å²) in [6.07, 6.45) is 3.30. The summed E-state index contributed by atoms with van der Waals surface area (Å²) in [4.78, 5) is 4.12. The van der Waals surface area contributed by atoms with Gasteiger partial charge in [-0.1, -0.05) is 11.6 Å². The summed E-state index contributed by atoms with van der Waals surface area (Å²) in [5.74, 6) is 0.703. The largest absolute Gasteiger partial charge is 0.397 e. The number of pyridine rings is 1. The van der Waals surface area contributed by atoms with Crippen LogP contribution in [-0.4, -0.2) is 14.8 Å². The fourth-order valence-electron chi connectivity index (χ4n) is 1.09. The van der Waals surface area contributed by atoms with Crippen LogP contribution in [0.5, 0.6) is 0 Å². The predicted molar refractivity (Wildman–Crippen MR) is 55.5 cm³/mol. The van der Waals surface area contributed by atoms with Crippen molar-refractivity contribution in [2.75, 3.05) is 5.73 Å². The Kier molecular flexibility index (Phi) is 2.13. The van der Waals surface area contributed by atoms with E-state index >= 15 is 0 Å². The number of anilines is 1. The van der Waals surface area contributed by atoms with Gasteiger partial charge in [-0.15, -0.1) is 0 Å². The SMILES string of the molecule is Cc1nn(-c2ccc(N)cn2)cc1Cl. The van der Waals surface area contributed by atoms with E-state index in [9.17, 15) is 0 Å². The Balaban J connectivity index is 2.44. The van der Waals surface area contributed by atoms with Gasteiger partial charge in [0.25, 0.3) is 0 Å². The molecule has 0 aliphatic rings. The smallest absolute Gasteiger partial charge is 0.153 e. The molecule has 0 saturated heterocycles. The molecule has 72 valence electrons. The molecule has 2 aromatic heterocycles. The topological polar surface area (TPSA) is 56.7 Å². The summed E-state index contributed by atoms with van der Waals surface area (Å²) in [6, 6.07) is 3.56. The van der Waals surface area contributed by atoms with Gasteiger partial charge in [-0.3, -0.25) is 0 Å². The lowest BCUT2D eigenvalue weighted by molar-refractivity contribution is 0.833. The second-order valence-corrected chi connectivity index (χ2v) is 3.36. The number of hydrogen-bond acceptors (Lipinski definition) is 3. The van der Waals surface area contributed by atoms with Gasteiger partial charge in [0.15, 0.2) is 5.82 Å². The number of halogens is 1. The number of nitrogens with two attached hydrogens (primary N) is 1. The Morgan fingerprint density at radius 3 is 2.71 bits per heavy atom. The average molecular weight is 209 g/mol. The fourth-order valence-corrected chi connectivity index (χ4v) is 1.22. The fraction of sp³-hybridized carbons (Fsp3) is 0.111. The van der Waals surface area contributed by atoms with Crippen LogP contribution >= 0.6 is 11.6 Å². The van der Waals surface area contributed by atoms with Crippen molar-refractivity contribution in [3.8, 4) is 5.82 Å². The van der Waals surface area contributed by atoms with Gasteiger partial charge < -0.3 is 5.73 Å². The maximum Gasteiger partial charge on any atom is 0.153 e. The highest BCUT2D eigenvalue weighted by atomic mass is 35.5. The van der Waals surface area contributed by atoms with Gasteiger partial charge in [0.05, 0.1) is 28.8 Å². The van der Waals surface area contributed by atoms with E-state index in [1.807, 2.05) is 6.92 Å². The molecule has 2 rings (SSSR count). The van der Waals surface area contributed by atoms with E-state index in [1.165, 1.54) is 0 Å². The molecule has 2 N–H and O–H groups in total. The van der Waals surface area contributed by atoms with Crippen LogP contribution in [-0.2, 0) is 0 Å². The van der Waals surface area contributed by atoms with Crippen molar-refractivity contribution in [2.45, 2.75) is 6.92 Å². The third kappa shape index (κ3) is 1.56. The van der Waals surface area contributed by atoms with Gasteiger partial charge in [0.2, 0.25) is 0 Å². The first-order chi connectivity index (χ1) is 6.66. The minimum atomic E-state index is 0.628. The summed E-state index contributed by atoms with van der Waals surface area (Å²) < 4.78 is 1.62. The normalized spacial score (nSPS) is 10.4. The molecule has 0 unspecified atom stereocenters. The quantitative estimate of drug-likeness (QED) is 0.778. The van der Waals surface area contributed by atoms with Gasteiger partial charge in [0, 0.05) is 0 Å². The number of aromatic nitrogens is 3. The van der Waals surface area contributed by atoms with Crippen LogP contribution in [0.4, 0.5) is 5.69 Å². The van der Waals surface area contributed by atoms with E-state index in [2.05, 4.69) is 10.1 Å². The summed E-state index contributed by atoms with van der Waals surface area (Å²) in [5.41, 5.74) is 6.93. The van der Waals surface area contributed by atoms with Gasteiger partial charge in [-0.2, -0.15) is 5.10 Å². The standard InChI is InChI=1S/C9H9ClN4/c1-6-8(10)5-14(13-6)9-3-2-7(11)4-12-9/h2-5H,11H2,1H3. The van der Waals surface area contributed by atoms with Gasteiger partial charge >= 0.3 is 0 Å². The number of rotatable bonds is 1. The summed E-state index contributed by atoms with van der Waals surface area (Å²) >= 11 is 5.87. The van der Waals surface area contributed by atoms with Crippen molar-refractivity contribution >= 4 is 17.3 Å². The Morgan fingerprint density at radius 1 is 1.43 bits per heavy atom. The summed E-state index contributed by atoms with van der Waals surface area (Å²) in [6.45, 7) is 1.84. The van der Waals surface area contributed by atoms with Crippen molar-refractivity contribution in [1.82, 2.24) is 14.8 Å². The molecule has 0 bridgehead atoms. The molecule has 0 saturated carbocycles. The molecule has 0 fully saturated rings. The predicted octanol–water partition coefficient (Wildman–Crippen LogP) is 1.81. The van der Waals surface area contributed by atoms with Crippen molar-refractivity contribution < 1.29 is 0 Å². The molecule has 2 heterocycles. The van der Waals surface area contributed by atoms with E-state index < -0.39 is 0 Å². The van der Waals surface area contributed by atoms with Crippen LogP contribution in [0.2, 0.25) is 5.02 Å². The van der Waals surface area contributed by atoms with Gasteiger partial charge in [0.1, 0.15) is 0 Å². The zero-order chi connectivity index (χ0) is 10.1. The first-order valence-electron chi connectivity index (χ1n) is 4.10. The highest BCUT2D eigenvalue weighted by Gasteiger charge is 2.03. The van der Waals surface area contributed by atoms with Crippen LogP contribution in [0.3, 0.4) is 0 Å². The van der Waals surface area contributed by atoms with Gasteiger partial charge in [-0.25, -0.2) is 9.67 Å². The minimum absolute atomic E-state index is 0.628. The van der Waals surface area contributed by atoms with Crippen molar-refractivity contribution in [2.24, 2.45) is 0 Å². The first kappa shape index (κ1) is 9.02. The lowest BCUT2D eigenvalue weighted by Crippen LogP contribution is -1.98. The third-order valence-corrected chi connectivity index (χ3v) is 2.22. The second kappa shape index (κ2) is 3.31. The average Bonchev–Trinajstić information content (AvgIpc) is 2.48. The molecule has 2 aromatic rings. The maximum atomic E-state index is 5.87. The van der Waals surface area contributed by atoms with Crippen molar-refractivity contribution in [1.29, 1.82) is 0 Å². The third-order valence-electron chi connectivity index (χ3n) is 1.84. The molecule has 4 nitrogen and oxygen atoms in total. The Hall–Kier alpha value is -1.55. The number of nitrogens with zero attached hydrogens (tertiary/aromatic N) is 3.